The maximum Gasteiger partial charge on any atom is 0.426 e. The van der Waals surface area contributed by atoms with Crippen molar-refractivity contribution in [3.05, 3.63) is 47.4 Å². The van der Waals surface area contributed by atoms with Crippen LogP contribution in [0.15, 0.2) is 30.5 Å². The summed E-state index contributed by atoms with van der Waals surface area (Å²) in [5.74, 6) is -3.23. The zero-order chi connectivity index (χ0) is 17.2. The van der Waals surface area contributed by atoms with E-state index in [0.717, 1.165) is 31.4 Å². The monoisotopic (exact) mass is 331 g/mol. The zero-order valence-corrected chi connectivity index (χ0v) is 11.7. The summed E-state index contributed by atoms with van der Waals surface area (Å²) >= 11 is 0. The van der Waals surface area contributed by atoms with Crippen LogP contribution >= 0.6 is 0 Å². The Kier molecular flexibility index (Phi) is 4.39. The first-order chi connectivity index (χ1) is 10.7. The minimum atomic E-state index is -4.71. The first-order valence-electron chi connectivity index (χ1n) is 6.17. The van der Waals surface area contributed by atoms with E-state index in [9.17, 15) is 22.4 Å². The molecular formula is C14H11F4N2O3+. The number of nitrogen functional groups attached to an aromatic ring is 1. The highest BCUT2D eigenvalue weighted by Gasteiger charge is 2.38. The van der Waals surface area contributed by atoms with Gasteiger partial charge in [-0.15, -0.1) is 0 Å². The lowest BCUT2D eigenvalue weighted by Gasteiger charge is -2.10. The number of methoxy groups -OCH3 is 1. The van der Waals surface area contributed by atoms with Gasteiger partial charge in [-0.25, -0.2) is 9.18 Å². The van der Waals surface area contributed by atoms with Crippen LogP contribution < -0.4 is 15.5 Å². The van der Waals surface area contributed by atoms with Gasteiger partial charge in [0.15, 0.2) is 23.3 Å². The van der Waals surface area contributed by atoms with E-state index in [1.807, 2.05) is 0 Å². The van der Waals surface area contributed by atoms with Crippen LogP contribution in [0.2, 0.25) is 0 Å². The number of H-pyrrole nitrogens is 1. The van der Waals surface area contributed by atoms with E-state index in [2.05, 4.69) is 9.72 Å². The van der Waals surface area contributed by atoms with E-state index < -0.39 is 35.2 Å². The van der Waals surface area contributed by atoms with E-state index in [0.29, 0.717) is 0 Å². The van der Waals surface area contributed by atoms with Crippen molar-refractivity contribution in [2.45, 2.75) is 6.18 Å². The first-order valence-corrected chi connectivity index (χ1v) is 6.17. The lowest BCUT2D eigenvalue weighted by atomic mass is 10.1. The number of ether oxygens (including phenoxy) is 2. The van der Waals surface area contributed by atoms with Gasteiger partial charge in [-0.05, 0) is 6.07 Å². The summed E-state index contributed by atoms with van der Waals surface area (Å²) in [6, 6.07) is 3.52. The van der Waals surface area contributed by atoms with Gasteiger partial charge in [-0.3, -0.25) is 0 Å². The number of aromatic amines is 1. The van der Waals surface area contributed by atoms with Crippen LogP contribution in [-0.4, -0.2) is 13.1 Å². The molecule has 2 aromatic rings. The third-order valence-corrected chi connectivity index (χ3v) is 2.84. The molecule has 1 aromatic heterocycles. The fourth-order valence-electron chi connectivity index (χ4n) is 1.77. The SMILES string of the molecule is COC(=O)c1cc(Oc2[nH+]cccc2C(F)(F)F)c(F)cc1N. The van der Waals surface area contributed by atoms with E-state index in [1.165, 1.54) is 6.20 Å². The number of anilines is 1. The molecule has 2 rings (SSSR count). The Labute approximate surface area is 127 Å². The molecule has 1 aromatic carbocycles. The number of pyridine rings is 1. The van der Waals surface area contributed by atoms with Crippen molar-refractivity contribution >= 4 is 11.7 Å². The Hall–Kier alpha value is -2.84. The smallest absolute Gasteiger partial charge is 0.426 e. The second-order valence-electron chi connectivity index (χ2n) is 4.37. The number of esters is 1. The highest BCUT2D eigenvalue weighted by Crippen LogP contribution is 2.36. The minimum Gasteiger partial charge on any atom is -0.465 e. The summed E-state index contributed by atoms with van der Waals surface area (Å²) in [4.78, 5) is 13.7. The topological polar surface area (TPSA) is 75.7 Å². The summed E-state index contributed by atoms with van der Waals surface area (Å²) in [7, 11) is 1.08. The highest BCUT2D eigenvalue weighted by atomic mass is 19.4. The van der Waals surface area contributed by atoms with E-state index in [4.69, 9.17) is 10.5 Å². The first kappa shape index (κ1) is 16.5. The number of hydrogen-bond donors (Lipinski definition) is 1. The van der Waals surface area contributed by atoms with Crippen molar-refractivity contribution in [2.75, 3.05) is 12.8 Å². The van der Waals surface area contributed by atoms with Crippen molar-refractivity contribution in [3.8, 4) is 11.6 Å². The summed E-state index contributed by atoms with van der Waals surface area (Å²) in [6.07, 6.45) is -3.52. The number of aromatic nitrogens is 1. The molecule has 0 radical (unpaired) electrons. The Morgan fingerprint density at radius 3 is 2.61 bits per heavy atom. The van der Waals surface area contributed by atoms with Gasteiger partial charge < -0.3 is 15.2 Å². The Balaban J connectivity index is 2.48. The van der Waals surface area contributed by atoms with Gasteiger partial charge in [0.1, 0.15) is 0 Å². The van der Waals surface area contributed by atoms with Crippen LogP contribution in [0.3, 0.4) is 0 Å². The molecule has 0 spiro atoms. The molecule has 0 bridgehead atoms. The number of nitrogens with two attached hydrogens (primary N) is 1. The molecule has 9 heteroatoms. The number of hydrogen-bond acceptors (Lipinski definition) is 4. The third kappa shape index (κ3) is 3.50. The molecule has 122 valence electrons. The number of carbonyl (C=O) groups is 1. The normalized spacial score (nSPS) is 11.2. The molecule has 0 aliphatic carbocycles. The molecular weight excluding hydrogens is 320 g/mol. The van der Waals surface area contributed by atoms with Crippen LogP contribution in [-0.2, 0) is 10.9 Å². The predicted molar refractivity (Wildman–Crippen MR) is 70.2 cm³/mol. The van der Waals surface area contributed by atoms with Crippen molar-refractivity contribution in [2.24, 2.45) is 0 Å². The highest BCUT2D eigenvalue weighted by molar-refractivity contribution is 5.95. The number of benzene rings is 1. The van der Waals surface area contributed by atoms with Crippen LogP contribution in [0.4, 0.5) is 23.2 Å². The standard InChI is InChI=1S/C14H10F4N2O3/c1-22-13(21)7-5-11(9(15)6-10(7)19)23-12-8(14(16,17)18)3-2-4-20-12/h2-6H,19H2,1H3/p+1. The number of rotatable bonds is 3. The molecule has 5 nitrogen and oxygen atoms in total. The van der Waals surface area contributed by atoms with Crippen LogP contribution in [0.25, 0.3) is 0 Å². The minimum absolute atomic E-state index is 0.227. The zero-order valence-electron chi connectivity index (χ0n) is 11.7. The van der Waals surface area contributed by atoms with Crippen molar-refractivity contribution in [3.63, 3.8) is 0 Å². The molecule has 0 fully saturated rings. The number of nitrogens with one attached hydrogen (secondary N) is 1. The Morgan fingerprint density at radius 2 is 2.00 bits per heavy atom. The molecule has 0 amide bonds. The molecule has 0 aliphatic rings. The van der Waals surface area contributed by atoms with E-state index in [-0.39, 0.29) is 11.3 Å². The van der Waals surface area contributed by atoms with Gasteiger partial charge >= 0.3 is 18.0 Å². The fourth-order valence-corrected chi connectivity index (χ4v) is 1.77. The Bertz CT molecular complexity index is 747. The summed E-state index contributed by atoms with van der Waals surface area (Å²) in [5, 5.41) is 0. The van der Waals surface area contributed by atoms with Gasteiger partial charge in [0.05, 0.1) is 12.7 Å². The van der Waals surface area contributed by atoms with Crippen molar-refractivity contribution in [1.29, 1.82) is 0 Å². The van der Waals surface area contributed by atoms with E-state index in [1.54, 1.807) is 0 Å². The maximum atomic E-state index is 13.9. The van der Waals surface area contributed by atoms with Crippen LogP contribution in [0.5, 0.6) is 11.6 Å². The molecule has 0 saturated carbocycles. The van der Waals surface area contributed by atoms with Gasteiger partial charge in [-0.1, -0.05) is 0 Å². The summed E-state index contributed by atoms with van der Waals surface area (Å²) in [5.41, 5.74) is 3.89. The number of halogens is 4. The summed E-state index contributed by atoms with van der Waals surface area (Å²) in [6.45, 7) is 0. The molecule has 0 aliphatic heterocycles. The molecule has 3 N–H and O–H groups in total. The van der Waals surface area contributed by atoms with Gasteiger partial charge in [0.2, 0.25) is 0 Å². The van der Waals surface area contributed by atoms with Crippen molar-refractivity contribution < 1.29 is 36.8 Å². The predicted octanol–water partition coefficient (Wildman–Crippen LogP) is 2.82. The molecule has 0 saturated heterocycles. The molecule has 0 unspecified atom stereocenters. The van der Waals surface area contributed by atoms with Gasteiger partial charge in [-0.2, -0.15) is 18.2 Å². The number of carbonyl (C=O) groups excluding carboxylic acids is 1. The van der Waals surface area contributed by atoms with Crippen molar-refractivity contribution in [1.82, 2.24) is 0 Å². The van der Waals surface area contributed by atoms with Gasteiger partial charge in [0, 0.05) is 23.9 Å². The Morgan fingerprint density at radius 1 is 1.30 bits per heavy atom. The van der Waals surface area contributed by atoms with Crippen LogP contribution in [0, 0.1) is 5.82 Å². The lowest BCUT2D eigenvalue weighted by Crippen LogP contribution is -2.16. The average molecular weight is 331 g/mol. The summed E-state index contributed by atoms with van der Waals surface area (Å²) < 4.78 is 61.9. The van der Waals surface area contributed by atoms with Gasteiger partial charge in [0.25, 0.3) is 0 Å². The molecule has 23 heavy (non-hydrogen) atoms. The second-order valence-corrected chi connectivity index (χ2v) is 4.37. The third-order valence-electron chi connectivity index (χ3n) is 2.84. The molecule has 1 heterocycles. The van der Waals surface area contributed by atoms with E-state index >= 15 is 0 Å². The second kappa shape index (κ2) is 6.11. The number of alkyl halides is 3. The average Bonchev–Trinajstić information content (AvgIpc) is 2.48. The largest absolute Gasteiger partial charge is 0.465 e. The lowest BCUT2D eigenvalue weighted by molar-refractivity contribution is -0.394. The fraction of sp³-hybridized carbons (Fsp3) is 0.143. The maximum absolute atomic E-state index is 13.9. The molecule has 0 atom stereocenters. The van der Waals surface area contributed by atoms with Crippen LogP contribution in [0.1, 0.15) is 15.9 Å². The quantitative estimate of drug-likeness (QED) is 0.533.